The normalized spacial score (nSPS) is 20.3. The highest BCUT2D eigenvalue weighted by molar-refractivity contribution is 7.92. The lowest BCUT2D eigenvalue weighted by molar-refractivity contribution is -0.140. The molecule has 2 fully saturated rings. The van der Waals surface area contributed by atoms with Gasteiger partial charge in [-0.1, -0.05) is 0 Å². The van der Waals surface area contributed by atoms with Crippen LogP contribution in [-0.2, 0) is 21.0 Å². The molecular formula is C29H30F4N4O5S. The zero-order valence-electron chi connectivity index (χ0n) is 23.6. The van der Waals surface area contributed by atoms with E-state index in [0.717, 1.165) is 11.5 Å². The van der Waals surface area contributed by atoms with Gasteiger partial charge in [0, 0.05) is 29.6 Å². The Bertz CT molecular complexity index is 1640. The van der Waals surface area contributed by atoms with Crippen molar-refractivity contribution >= 4 is 33.7 Å². The molecule has 2 amide bonds. The SMILES string of the molecule is Cc1cc(C(=O)N2CC(C)(O)C2)cc(C)c1C=CS(=O)(=O)N1CCC2(CC1)N=C(c1ccc(F)c(C(F)(F)F)c1)NC2=O. The largest absolute Gasteiger partial charge is 0.419 e. The highest BCUT2D eigenvalue weighted by Gasteiger charge is 2.47. The molecule has 230 valence electrons. The second-order valence-corrected chi connectivity index (χ2v) is 13.4. The number of aliphatic imine (C=N–C) groups is 1. The highest BCUT2D eigenvalue weighted by atomic mass is 32.2. The van der Waals surface area contributed by atoms with Gasteiger partial charge in [0.25, 0.3) is 11.8 Å². The Morgan fingerprint density at radius 3 is 2.26 bits per heavy atom. The number of rotatable bonds is 5. The van der Waals surface area contributed by atoms with Crippen molar-refractivity contribution in [3.05, 3.63) is 74.9 Å². The molecular weight excluding hydrogens is 592 g/mol. The second kappa shape index (κ2) is 10.5. The number of hydrogen-bond donors (Lipinski definition) is 2. The molecule has 0 aromatic heterocycles. The monoisotopic (exact) mass is 622 g/mol. The van der Waals surface area contributed by atoms with Gasteiger partial charge in [-0.05, 0) is 86.7 Å². The Labute approximate surface area is 245 Å². The van der Waals surface area contributed by atoms with E-state index >= 15 is 0 Å². The number of nitrogens with zero attached hydrogens (tertiary/aromatic N) is 3. The van der Waals surface area contributed by atoms with Crippen molar-refractivity contribution in [1.82, 2.24) is 14.5 Å². The summed E-state index contributed by atoms with van der Waals surface area (Å²) in [7, 11) is -3.92. The summed E-state index contributed by atoms with van der Waals surface area (Å²) >= 11 is 0. The van der Waals surface area contributed by atoms with E-state index in [1.807, 2.05) is 0 Å². The number of hydrogen-bond acceptors (Lipinski definition) is 6. The number of likely N-dealkylation sites (tertiary alicyclic amines) is 1. The van der Waals surface area contributed by atoms with Crippen molar-refractivity contribution in [2.75, 3.05) is 26.2 Å². The van der Waals surface area contributed by atoms with Crippen LogP contribution in [0.3, 0.4) is 0 Å². The average Bonchev–Trinajstić information content (AvgIpc) is 3.21. The number of carbonyl (C=O) groups is 2. The first-order chi connectivity index (χ1) is 19.9. The number of nitrogens with one attached hydrogen (secondary N) is 1. The van der Waals surface area contributed by atoms with E-state index in [9.17, 15) is 40.7 Å². The van der Waals surface area contributed by atoms with Gasteiger partial charge >= 0.3 is 6.18 Å². The van der Waals surface area contributed by atoms with Gasteiger partial charge in [-0.2, -0.15) is 17.5 Å². The molecule has 2 saturated heterocycles. The molecule has 2 N–H and O–H groups in total. The van der Waals surface area contributed by atoms with Crippen molar-refractivity contribution in [3.8, 4) is 0 Å². The van der Waals surface area contributed by atoms with Gasteiger partial charge in [0.2, 0.25) is 10.0 Å². The summed E-state index contributed by atoms with van der Waals surface area (Å²) in [4.78, 5) is 31.5. The Hall–Kier alpha value is -3.62. The zero-order valence-corrected chi connectivity index (χ0v) is 24.4. The number of alkyl halides is 3. The number of aryl methyl sites for hydroxylation is 2. The fourth-order valence-electron chi connectivity index (χ4n) is 5.70. The predicted octanol–water partition coefficient (Wildman–Crippen LogP) is 3.38. The van der Waals surface area contributed by atoms with E-state index in [2.05, 4.69) is 10.3 Å². The lowest BCUT2D eigenvalue weighted by Gasteiger charge is -2.44. The van der Waals surface area contributed by atoms with Crippen LogP contribution in [0, 0.1) is 19.7 Å². The van der Waals surface area contributed by atoms with E-state index in [1.54, 1.807) is 32.9 Å². The van der Waals surface area contributed by atoms with E-state index in [1.165, 1.54) is 15.3 Å². The molecule has 0 radical (unpaired) electrons. The minimum absolute atomic E-state index is 0.000968. The molecule has 0 unspecified atom stereocenters. The number of aliphatic hydroxyl groups is 1. The molecule has 3 aliphatic heterocycles. The molecule has 5 rings (SSSR count). The van der Waals surface area contributed by atoms with Gasteiger partial charge in [-0.15, -0.1) is 0 Å². The average molecular weight is 623 g/mol. The number of halogens is 4. The van der Waals surface area contributed by atoms with Crippen molar-refractivity contribution in [2.45, 2.75) is 50.9 Å². The van der Waals surface area contributed by atoms with Crippen LogP contribution in [0.2, 0.25) is 0 Å². The third-order valence-corrected chi connectivity index (χ3v) is 9.60. The Balaban J connectivity index is 1.28. The van der Waals surface area contributed by atoms with E-state index in [4.69, 9.17) is 0 Å². The van der Waals surface area contributed by atoms with Crippen LogP contribution in [0.5, 0.6) is 0 Å². The fourth-order valence-corrected chi connectivity index (χ4v) is 6.87. The van der Waals surface area contributed by atoms with Crippen molar-refractivity contribution in [3.63, 3.8) is 0 Å². The summed E-state index contributed by atoms with van der Waals surface area (Å²) in [5.41, 5.74) is -1.37. The highest BCUT2D eigenvalue weighted by Crippen LogP contribution is 2.35. The molecule has 0 bridgehead atoms. The van der Waals surface area contributed by atoms with E-state index in [0.29, 0.717) is 34.4 Å². The van der Waals surface area contributed by atoms with Crippen molar-refractivity contribution in [2.24, 2.45) is 4.99 Å². The van der Waals surface area contributed by atoms with Gasteiger partial charge in [-0.3, -0.25) is 14.6 Å². The maximum atomic E-state index is 13.7. The standard InChI is InChI=1S/C29H30F4N4O5S/c1-17-12-20(25(38)36-15-27(3,40)16-36)13-18(2)21(17)6-11-43(41,42)37-9-7-28(8-10-37)26(39)34-24(35-28)19-4-5-23(30)22(14-19)29(31,32)33/h4-6,11-14,40H,7-10,15-16H2,1-3H3,(H,34,35,39). The number of benzene rings is 2. The maximum Gasteiger partial charge on any atom is 0.419 e. The molecule has 1 spiro atoms. The van der Waals surface area contributed by atoms with Crippen LogP contribution in [0.4, 0.5) is 17.6 Å². The first-order valence-corrected chi connectivity index (χ1v) is 15.0. The summed E-state index contributed by atoms with van der Waals surface area (Å²) in [5.74, 6) is -2.35. The number of amidine groups is 1. The number of piperidine rings is 1. The van der Waals surface area contributed by atoms with Crippen LogP contribution in [0.15, 0.2) is 40.7 Å². The minimum Gasteiger partial charge on any atom is -0.386 e. The van der Waals surface area contributed by atoms with Crippen LogP contribution in [0.25, 0.3) is 6.08 Å². The van der Waals surface area contributed by atoms with Crippen LogP contribution in [-0.4, -0.2) is 77.7 Å². The maximum absolute atomic E-state index is 13.7. The number of amides is 2. The third kappa shape index (κ3) is 5.95. The van der Waals surface area contributed by atoms with Gasteiger partial charge < -0.3 is 15.3 Å². The second-order valence-electron chi connectivity index (χ2n) is 11.6. The Kier molecular flexibility index (Phi) is 7.55. The van der Waals surface area contributed by atoms with Crippen LogP contribution in [0.1, 0.15) is 57.9 Å². The summed E-state index contributed by atoms with van der Waals surface area (Å²) in [5, 5.41) is 13.5. The van der Waals surface area contributed by atoms with Gasteiger partial charge in [0.05, 0.1) is 24.3 Å². The first kappa shape index (κ1) is 30.8. The molecule has 0 atom stereocenters. The minimum atomic E-state index is -4.93. The van der Waals surface area contributed by atoms with Crippen molar-refractivity contribution in [1.29, 1.82) is 0 Å². The molecule has 3 heterocycles. The molecule has 14 heteroatoms. The van der Waals surface area contributed by atoms with Crippen LogP contribution < -0.4 is 5.32 Å². The lowest BCUT2D eigenvalue weighted by atomic mass is 9.89. The summed E-state index contributed by atoms with van der Waals surface area (Å²) < 4.78 is 80.8. The number of sulfonamides is 1. The topological polar surface area (TPSA) is 119 Å². The predicted molar refractivity (Wildman–Crippen MR) is 150 cm³/mol. The molecule has 2 aromatic rings. The number of carbonyl (C=O) groups excluding carboxylic acids is 2. The first-order valence-electron chi connectivity index (χ1n) is 13.5. The summed E-state index contributed by atoms with van der Waals surface area (Å²) in [6.07, 6.45) is -3.47. The van der Waals surface area contributed by atoms with Gasteiger partial charge in [0.15, 0.2) is 0 Å². The Morgan fingerprint density at radius 2 is 1.70 bits per heavy atom. The van der Waals surface area contributed by atoms with Gasteiger partial charge in [-0.25, -0.2) is 12.8 Å². The number of β-amino-alcohol motifs (C(OH)–C–C–N with tert-alkyl or cyclic N) is 1. The smallest absolute Gasteiger partial charge is 0.386 e. The zero-order chi connectivity index (χ0) is 31.5. The molecule has 9 nitrogen and oxygen atoms in total. The molecule has 3 aliphatic rings. The molecule has 0 aliphatic carbocycles. The third-order valence-electron chi connectivity index (χ3n) is 8.03. The van der Waals surface area contributed by atoms with Crippen LogP contribution >= 0.6 is 0 Å². The van der Waals surface area contributed by atoms with Crippen molar-refractivity contribution < 1.29 is 40.7 Å². The van der Waals surface area contributed by atoms with Gasteiger partial charge in [0.1, 0.15) is 17.2 Å². The molecule has 0 saturated carbocycles. The van der Waals surface area contributed by atoms with E-state index in [-0.39, 0.29) is 56.3 Å². The quantitative estimate of drug-likeness (QED) is 0.496. The summed E-state index contributed by atoms with van der Waals surface area (Å²) in [6, 6.07) is 5.68. The van der Waals surface area contributed by atoms with E-state index < -0.39 is 44.6 Å². The molecule has 43 heavy (non-hydrogen) atoms. The lowest BCUT2D eigenvalue weighted by Crippen LogP contribution is -2.61. The fraction of sp³-hybridized carbons (Fsp3) is 0.414. The summed E-state index contributed by atoms with van der Waals surface area (Å²) in [6.45, 7) is 5.54. The molecule has 2 aromatic carbocycles. The Morgan fingerprint density at radius 1 is 1.09 bits per heavy atom.